The van der Waals surface area contributed by atoms with Crippen LogP contribution in [-0.2, 0) is 13.0 Å². The zero-order chi connectivity index (χ0) is 18.8. The van der Waals surface area contributed by atoms with Crippen molar-refractivity contribution in [2.24, 2.45) is 0 Å². The number of rotatable bonds is 4. The predicted molar refractivity (Wildman–Crippen MR) is 105 cm³/mol. The zero-order valence-corrected chi connectivity index (χ0v) is 16.3. The summed E-state index contributed by atoms with van der Waals surface area (Å²) in [6.45, 7) is 1.63. The van der Waals surface area contributed by atoms with E-state index in [0.717, 1.165) is 25.8 Å². The van der Waals surface area contributed by atoms with Crippen LogP contribution in [0.15, 0.2) is 30.5 Å². The molecule has 2 aliphatic rings. The zero-order valence-electron chi connectivity index (χ0n) is 16.3. The molecule has 0 bridgehead atoms. The summed E-state index contributed by atoms with van der Waals surface area (Å²) in [5.74, 6) is -0.0377. The van der Waals surface area contributed by atoms with Crippen LogP contribution in [0, 0.1) is 0 Å². The smallest absolute Gasteiger partial charge is 0.275 e. The Hall–Kier alpha value is -2.21. The first-order chi connectivity index (χ1) is 13.1. The number of carbonyl (C=O) groups excluding carboxylic acids is 1. The average Bonchev–Trinajstić information content (AvgIpc) is 3.19. The fourth-order valence-corrected chi connectivity index (χ4v) is 4.42. The summed E-state index contributed by atoms with van der Waals surface area (Å²) in [4.78, 5) is 17.0. The normalized spacial score (nSPS) is 21.0. The molecule has 6 nitrogen and oxygen atoms in total. The number of aromatic nitrogens is 3. The minimum Gasteiger partial charge on any atom is -0.339 e. The monoisotopic (exact) mass is 367 g/mol. The van der Waals surface area contributed by atoms with E-state index in [0.29, 0.717) is 24.3 Å². The molecule has 0 radical (unpaired) electrons. The van der Waals surface area contributed by atoms with Crippen molar-refractivity contribution in [2.45, 2.75) is 57.2 Å². The molecule has 1 atom stereocenters. The van der Waals surface area contributed by atoms with Gasteiger partial charge in [-0.05, 0) is 37.4 Å². The Bertz CT molecular complexity index is 795. The lowest BCUT2D eigenvalue weighted by molar-refractivity contribution is 0.0727. The Kier molecular flexibility index (Phi) is 5.25. The highest BCUT2D eigenvalue weighted by molar-refractivity contribution is 5.91. The highest BCUT2D eigenvalue weighted by Gasteiger charge is 2.27. The molecule has 144 valence electrons. The lowest BCUT2D eigenvalue weighted by Gasteiger charge is -2.36. The molecule has 1 fully saturated rings. The standard InChI is InChI=1S/C21H29N5O/c1-24-13-17-9-7-6-8-16(17)12-19(24)14-25(2)21(27)20-15-26(23-22-20)18-10-4-3-5-11-18/h6-9,15,18-19H,3-5,10-14H2,1-2H3/t19-/m0/s1. The molecule has 1 aliphatic heterocycles. The van der Waals surface area contributed by atoms with Crippen molar-refractivity contribution in [1.29, 1.82) is 0 Å². The molecule has 1 aromatic heterocycles. The van der Waals surface area contributed by atoms with Crippen molar-refractivity contribution in [3.05, 3.63) is 47.3 Å². The van der Waals surface area contributed by atoms with Gasteiger partial charge in [-0.25, -0.2) is 4.68 Å². The van der Waals surface area contributed by atoms with Crippen LogP contribution in [0.25, 0.3) is 0 Å². The fourth-order valence-electron chi connectivity index (χ4n) is 4.42. The first kappa shape index (κ1) is 18.2. The van der Waals surface area contributed by atoms with Crippen molar-refractivity contribution in [3.8, 4) is 0 Å². The first-order valence-corrected chi connectivity index (χ1v) is 10.1. The highest BCUT2D eigenvalue weighted by Crippen LogP contribution is 2.27. The Labute approximate surface area is 161 Å². The van der Waals surface area contributed by atoms with E-state index in [1.54, 1.807) is 4.90 Å². The van der Waals surface area contributed by atoms with E-state index in [-0.39, 0.29) is 5.91 Å². The molecule has 6 heteroatoms. The summed E-state index contributed by atoms with van der Waals surface area (Å²) in [7, 11) is 4.01. The first-order valence-electron chi connectivity index (χ1n) is 10.1. The quantitative estimate of drug-likeness (QED) is 0.834. The Morgan fingerprint density at radius 3 is 2.70 bits per heavy atom. The van der Waals surface area contributed by atoms with Crippen LogP contribution in [0.5, 0.6) is 0 Å². The number of benzene rings is 1. The van der Waals surface area contributed by atoms with E-state index in [1.807, 2.05) is 17.9 Å². The molecule has 1 aromatic carbocycles. The van der Waals surface area contributed by atoms with Crippen LogP contribution in [0.4, 0.5) is 0 Å². The number of carbonyl (C=O) groups is 1. The summed E-state index contributed by atoms with van der Waals surface area (Å²) in [6.07, 6.45) is 8.87. The van der Waals surface area contributed by atoms with Gasteiger partial charge in [0.15, 0.2) is 5.69 Å². The number of nitrogens with zero attached hydrogens (tertiary/aromatic N) is 5. The number of likely N-dealkylation sites (N-methyl/N-ethyl adjacent to an activating group) is 2. The second-order valence-electron chi connectivity index (χ2n) is 8.10. The van der Waals surface area contributed by atoms with E-state index >= 15 is 0 Å². The van der Waals surface area contributed by atoms with Gasteiger partial charge in [-0.1, -0.05) is 48.7 Å². The molecule has 0 unspecified atom stereocenters. The second kappa shape index (κ2) is 7.80. The lowest BCUT2D eigenvalue weighted by atomic mass is 9.94. The number of hydrogen-bond acceptors (Lipinski definition) is 4. The molecule has 4 rings (SSSR count). The van der Waals surface area contributed by atoms with Gasteiger partial charge in [-0.2, -0.15) is 0 Å². The van der Waals surface area contributed by atoms with Gasteiger partial charge in [0.1, 0.15) is 0 Å². The molecule has 0 N–H and O–H groups in total. The van der Waals surface area contributed by atoms with Gasteiger partial charge in [-0.15, -0.1) is 5.10 Å². The van der Waals surface area contributed by atoms with Crippen LogP contribution in [-0.4, -0.2) is 57.4 Å². The minimum atomic E-state index is -0.0377. The topological polar surface area (TPSA) is 54.3 Å². The largest absolute Gasteiger partial charge is 0.339 e. The summed E-state index contributed by atoms with van der Waals surface area (Å²) < 4.78 is 1.91. The SMILES string of the molecule is CN(C[C@@H]1Cc2ccccc2CN1C)C(=O)c1cn(C2CCCCC2)nn1. The molecule has 0 spiro atoms. The Balaban J connectivity index is 1.40. The van der Waals surface area contributed by atoms with Gasteiger partial charge in [0.25, 0.3) is 5.91 Å². The fraction of sp³-hybridized carbons (Fsp3) is 0.571. The van der Waals surface area contributed by atoms with Gasteiger partial charge < -0.3 is 4.90 Å². The molecule has 1 saturated carbocycles. The van der Waals surface area contributed by atoms with Crippen molar-refractivity contribution < 1.29 is 4.79 Å². The van der Waals surface area contributed by atoms with Gasteiger partial charge in [0, 0.05) is 26.2 Å². The van der Waals surface area contributed by atoms with Crippen molar-refractivity contribution >= 4 is 5.91 Å². The third kappa shape index (κ3) is 3.90. The van der Waals surface area contributed by atoms with Gasteiger partial charge in [0.2, 0.25) is 0 Å². The summed E-state index contributed by atoms with van der Waals surface area (Å²) in [5, 5.41) is 8.41. The lowest BCUT2D eigenvalue weighted by Crippen LogP contribution is -2.46. The number of amides is 1. The molecule has 0 saturated heterocycles. The average molecular weight is 367 g/mol. The molecular formula is C21H29N5O. The predicted octanol–water partition coefficient (Wildman–Crippen LogP) is 2.91. The van der Waals surface area contributed by atoms with E-state index in [9.17, 15) is 4.79 Å². The molecular weight excluding hydrogens is 338 g/mol. The van der Waals surface area contributed by atoms with Crippen molar-refractivity contribution in [1.82, 2.24) is 24.8 Å². The Morgan fingerprint density at radius 1 is 1.19 bits per heavy atom. The second-order valence-corrected chi connectivity index (χ2v) is 8.10. The molecule has 2 aromatic rings. The van der Waals surface area contributed by atoms with E-state index < -0.39 is 0 Å². The van der Waals surface area contributed by atoms with Crippen molar-refractivity contribution in [2.75, 3.05) is 20.6 Å². The maximum atomic E-state index is 12.9. The van der Waals surface area contributed by atoms with Crippen LogP contribution < -0.4 is 0 Å². The summed E-state index contributed by atoms with van der Waals surface area (Å²) in [6, 6.07) is 9.31. The molecule has 1 amide bonds. The number of hydrogen-bond donors (Lipinski definition) is 0. The van der Waals surface area contributed by atoms with Crippen LogP contribution in [0.2, 0.25) is 0 Å². The number of fused-ring (bicyclic) bond motifs is 1. The molecule has 1 aliphatic carbocycles. The summed E-state index contributed by atoms with van der Waals surface area (Å²) >= 11 is 0. The van der Waals surface area contributed by atoms with Crippen molar-refractivity contribution in [3.63, 3.8) is 0 Å². The maximum absolute atomic E-state index is 12.9. The third-order valence-corrected chi connectivity index (χ3v) is 6.13. The Morgan fingerprint density at radius 2 is 1.93 bits per heavy atom. The van der Waals surface area contributed by atoms with Gasteiger partial charge >= 0.3 is 0 Å². The minimum absolute atomic E-state index is 0.0377. The highest BCUT2D eigenvalue weighted by atomic mass is 16.2. The maximum Gasteiger partial charge on any atom is 0.275 e. The van der Waals surface area contributed by atoms with Crippen LogP contribution >= 0.6 is 0 Å². The molecule has 2 heterocycles. The van der Waals surface area contributed by atoms with Gasteiger partial charge in [0.05, 0.1) is 12.2 Å². The molecule has 27 heavy (non-hydrogen) atoms. The van der Waals surface area contributed by atoms with Crippen LogP contribution in [0.1, 0.15) is 59.8 Å². The van der Waals surface area contributed by atoms with Crippen LogP contribution in [0.3, 0.4) is 0 Å². The van der Waals surface area contributed by atoms with E-state index in [1.165, 1.54) is 30.4 Å². The van der Waals surface area contributed by atoms with E-state index in [2.05, 4.69) is 46.5 Å². The van der Waals surface area contributed by atoms with Gasteiger partial charge in [-0.3, -0.25) is 9.69 Å². The van der Waals surface area contributed by atoms with E-state index in [4.69, 9.17) is 0 Å². The third-order valence-electron chi connectivity index (χ3n) is 6.13. The summed E-state index contributed by atoms with van der Waals surface area (Å²) in [5.41, 5.74) is 3.24.